The molecule has 0 saturated heterocycles. The molecule has 3 heterocycles. The maximum Gasteiger partial charge on any atom is 0.259 e. The van der Waals surface area contributed by atoms with E-state index >= 15 is 0 Å². The molecule has 7 aromatic rings. The molecular weight excluding hydrogens is 606 g/mol. The number of anilines is 1. The minimum Gasteiger partial charge on any atom is -0.345 e. The Labute approximate surface area is 284 Å². The fraction of sp³-hybridized carbons (Fsp3) is 0.0952. The average Bonchev–Trinajstić information content (AvgIpc) is 3.71. The number of amides is 2. The quantitative estimate of drug-likeness (QED) is 0.178. The lowest BCUT2D eigenvalue weighted by Gasteiger charge is -2.20. The van der Waals surface area contributed by atoms with Crippen molar-refractivity contribution in [1.29, 1.82) is 0 Å². The largest absolute Gasteiger partial charge is 0.345 e. The van der Waals surface area contributed by atoms with Gasteiger partial charge in [0.05, 0.1) is 23.6 Å². The van der Waals surface area contributed by atoms with Crippen LogP contribution in [0.3, 0.4) is 0 Å². The molecule has 0 unspecified atom stereocenters. The van der Waals surface area contributed by atoms with E-state index in [0.717, 1.165) is 22.3 Å². The van der Waals surface area contributed by atoms with Crippen molar-refractivity contribution in [3.63, 3.8) is 0 Å². The maximum atomic E-state index is 13.5. The molecule has 0 saturated carbocycles. The molecular formula is C42H33N5O2. The molecule has 2 aromatic heterocycles. The van der Waals surface area contributed by atoms with Gasteiger partial charge in [-0.05, 0) is 46.5 Å². The Morgan fingerprint density at radius 3 is 2.02 bits per heavy atom. The number of hydrogen-bond acceptors (Lipinski definition) is 4. The summed E-state index contributed by atoms with van der Waals surface area (Å²) in [6, 6.07) is 44.7. The lowest BCUT2D eigenvalue weighted by atomic mass is 9.84. The minimum absolute atomic E-state index is 0.0127. The first-order valence-corrected chi connectivity index (χ1v) is 16.3. The number of benzene rings is 5. The van der Waals surface area contributed by atoms with E-state index in [4.69, 9.17) is 9.97 Å². The van der Waals surface area contributed by atoms with Crippen LogP contribution in [0.1, 0.15) is 48.9 Å². The second-order valence-electron chi connectivity index (χ2n) is 12.5. The van der Waals surface area contributed by atoms with E-state index in [2.05, 4.69) is 77.8 Å². The number of carbonyl (C=O) groups is 2. The molecule has 0 radical (unpaired) electrons. The molecule has 8 rings (SSSR count). The molecule has 238 valence electrons. The van der Waals surface area contributed by atoms with E-state index < -0.39 is 0 Å². The summed E-state index contributed by atoms with van der Waals surface area (Å²) in [6.45, 7) is 0.463. The van der Waals surface area contributed by atoms with Crippen molar-refractivity contribution in [2.45, 2.75) is 12.5 Å². The number of nitrogens with one attached hydrogen (secondary N) is 1. The summed E-state index contributed by atoms with van der Waals surface area (Å²) in [4.78, 5) is 43.3. The highest BCUT2D eigenvalue weighted by Crippen LogP contribution is 2.39. The van der Waals surface area contributed by atoms with Gasteiger partial charge >= 0.3 is 0 Å². The highest BCUT2D eigenvalue weighted by molar-refractivity contribution is 6.13. The number of nitrogens with zero attached hydrogens (tertiary/aromatic N) is 4. The van der Waals surface area contributed by atoms with Crippen LogP contribution >= 0.6 is 0 Å². The van der Waals surface area contributed by atoms with E-state index in [1.807, 2.05) is 66.9 Å². The van der Waals surface area contributed by atoms with Gasteiger partial charge in [-0.1, -0.05) is 109 Å². The molecule has 7 heteroatoms. The Hall–Kier alpha value is -6.34. The fourth-order valence-corrected chi connectivity index (χ4v) is 6.74. The van der Waals surface area contributed by atoms with Crippen molar-refractivity contribution in [3.05, 3.63) is 173 Å². The van der Waals surface area contributed by atoms with Crippen LogP contribution in [-0.2, 0) is 6.54 Å². The second kappa shape index (κ2) is 12.4. The van der Waals surface area contributed by atoms with Crippen molar-refractivity contribution in [3.8, 4) is 22.5 Å². The van der Waals surface area contributed by atoms with Gasteiger partial charge in [-0.15, -0.1) is 0 Å². The monoisotopic (exact) mass is 639 g/mol. The first kappa shape index (κ1) is 30.0. The van der Waals surface area contributed by atoms with Gasteiger partial charge < -0.3 is 14.8 Å². The van der Waals surface area contributed by atoms with Gasteiger partial charge in [0.25, 0.3) is 11.8 Å². The Bertz CT molecular complexity index is 2290. The summed E-state index contributed by atoms with van der Waals surface area (Å²) < 4.78 is 0. The molecule has 1 aliphatic heterocycles. The average molecular weight is 640 g/mol. The van der Waals surface area contributed by atoms with E-state index in [9.17, 15) is 9.59 Å². The standard InChI is InChI=1S/C42H33N5O2/c1-46(2)41(48)30-22-20-29(21-23-30)37-38(45-40-39(44-37)35(25-43-40)47-26-33-16-9-10-19-34(33)42(47)49)32-18-11-17-31(24-32)36(27-12-5-3-6-13-27)28-14-7-4-8-15-28/h3-25,36H,26H2,1-2H3,(H,43,45). The number of hydrogen-bond donors (Lipinski definition) is 1. The van der Waals surface area contributed by atoms with Gasteiger partial charge in [0.15, 0.2) is 5.65 Å². The summed E-state index contributed by atoms with van der Waals surface area (Å²) in [6.07, 6.45) is 1.82. The highest BCUT2D eigenvalue weighted by Gasteiger charge is 2.31. The first-order valence-electron chi connectivity index (χ1n) is 16.3. The van der Waals surface area contributed by atoms with E-state index in [1.165, 1.54) is 11.1 Å². The van der Waals surface area contributed by atoms with Crippen molar-refractivity contribution in [2.75, 3.05) is 19.0 Å². The van der Waals surface area contributed by atoms with Crippen LogP contribution in [0.15, 0.2) is 140 Å². The molecule has 1 aliphatic rings. The Morgan fingerprint density at radius 1 is 0.714 bits per heavy atom. The Kier molecular flexibility index (Phi) is 7.57. The van der Waals surface area contributed by atoms with Crippen molar-refractivity contribution in [2.24, 2.45) is 0 Å². The summed E-state index contributed by atoms with van der Waals surface area (Å²) >= 11 is 0. The molecule has 0 spiro atoms. The lowest BCUT2D eigenvalue weighted by Crippen LogP contribution is -2.22. The number of H-pyrrole nitrogens is 1. The molecule has 5 aromatic carbocycles. The number of aromatic nitrogens is 3. The van der Waals surface area contributed by atoms with Gasteiger partial charge in [0.1, 0.15) is 5.52 Å². The number of aromatic amines is 1. The summed E-state index contributed by atoms with van der Waals surface area (Å²) in [5, 5.41) is 0. The SMILES string of the molecule is CN(C)C(=O)c1ccc(-c2nc3c(N4Cc5ccccc5C4=O)c[nH]c3nc2-c2cccc(C(c3ccccc3)c3ccccc3)c2)cc1. The molecule has 0 atom stereocenters. The molecule has 2 amide bonds. The van der Waals surface area contributed by atoms with Gasteiger partial charge in [-0.3, -0.25) is 9.59 Å². The van der Waals surface area contributed by atoms with Crippen LogP contribution in [-0.4, -0.2) is 45.8 Å². The van der Waals surface area contributed by atoms with Crippen LogP contribution in [0, 0.1) is 0 Å². The highest BCUT2D eigenvalue weighted by atomic mass is 16.2. The van der Waals surface area contributed by atoms with Crippen LogP contribution in [0.2, 0.25) is 0 Å². The predicted octanol–water partition coefficient (Wildman–Crippen LogP) is 8.33. The number of fused-ring (bicyclic) bond motifs is 2. The van der Waals surface area contributed by atoms with Crippen molar-refractivity contribution < 1.29 is 9.59 Å². The summed E-state index contributed by atoms with van der Waals surface area (Å²) in [5.74, 6) is -0.122. The van der Waals surface area contributed by atoms with Crippen LogP contribution < -0.4 is 4.90 Å². The zero-order valence-electron chi connectivity index (χ0n) is 27.2. The van der Waals surface area contributed by atoms with Crippen molar-refractivity contribution in [1.82, 2.24) is 19.9 Å². The van der Waals surface area contributed by atoms with Crippen molar-refractivity contribution >= 4 is 28.7 Å². The molecule has 0 aliphatic carbocycles. The van der Waals surface area contributed by atoms with Crippen LogP contribution in [0.25, 0.3) is 33.7 Å². The van der Waals surface area contributed by atoms with E-state index in [-0.39, 0.29) is 17.7 Å². The van der Waals surface area contributed by atoms with Gasteiger partial charge in [0, 0.05) is 48.5 Å². The van der Waals surface area contributed by atoms with E-state index in [1.54, 1.807) is 23.9 Å². The van der Waals surface area contributed by atoms with Gasteiger partial charge in [0.2, 0.25) is 0 Å². The minimum atomic E-state index is -0.0751. The fourth-order valence-electron chi connectivity index (χ4n) is 6.74. The third-order valence-corrected chi connectivity index (χ3v) is 9.17. The third-order valence-electron chi connectivity index (χ3n) is 9.17. The number of rotatable bonds is 7. The normalized spacial score (nSPS) is 12.5. The number of carbonyl (C=O) groups excluding carboxylic acids is 2. The molecule has 49 heavy (non-hydrogen) atoms. The topological polar surface area (TPSA) is 82.2 Å². The summed E-state index contributed by atoms with van der Waals surface area (Å²) in [7, 11) is 3.48. The predicted molar refractivity (Wildman–Crippen MR) is 194 cm³/mol. The third kappa shape index (κ3) is 5.45. The molecule has 0 bridgehead atoms. The van der Waals surface area contributed by atoms with Gasteiger partial charge in [-0.2, -0.15) is 0 Å². The molecule has 0 fully saturated rings. The summed E-state index contributed by atoms with van der Waals surface area (Å²) in [5.41, 5.74) is 10.7. The zero-order valence-corrected chi connectivity index (χ0v) is 27.2. The molecule has 7 nitrogen and oxygen atoms in total. The van der Waals surface area contributed by atoms with E-state index in [0.29, 0.717) is 45.9 Å². The second-order valence-corrected chi connectivity index (χ2v) is 12.5. The zero-order chi connectivity index (χ0) is 33.5. The maximum absolute atomic E-state index is 13.5. The first-order chi connectivity index (χ1) is 24.0. The van der Waals surface area contributed by atoms with Crippen LogP contribution in [0.4, 0.5) is 5.69 Å². The Morgan fingerprint density at radius 2 is 1.35 bits per heavy atom. The molecule has 1 N–H and O–H groups in total. The Balaban J connectivity index is 1.29. The van der Waals surface area contributed by atoms with Crippen LogP contribution in [0.5, 0.6) is 0 Å². The van der Waals surface area contributed by atoms with Gasteiger partial charge in [-0.25, -0.2) is 9.97 Å². The smallest absolute Gasteiger partial charge is 0.259 e. The lowest BCUT2D eigenvalue weighted by molar-refractivity contribution is 0.0827.